The highest BCUT2D eigenvalue weighted by Gasteiger charge is 2.15. The quantitative estimate of drug-likeness (QED) is 0.585. The van der Waals surface area contributed by atoms with Gasteiger partial charge in [0, 0.05) is 17.9 Å². The molecule has 2 rings (SSSR count). The predicted molar refractivity (Wildman–Crippen MR) is 56.8 cm³/mol. The van der Waals surface area contributed by atoms with E-state index in [-0.39, 0.29) is 12.6 Å². The van der Waals surface area contributed by atoms with E-state index in [0.29, 0.717) is 35.8 Å². The molecule has 1 aromatic rings. The fourth-order valence-electron chi connectivity index (χ4n) is 1.44. The van der Waals surface area contributed by atoms with E-state index in [9.17, 15) is 4.79 Å². The van der Waals surface area contributed by atoms with Crippen LogP contribution < -0.4 is 9.47 Å². The summed E-state index contributed by atoms with van der Waals surface area (Å²) in [5, 5.41) is 0. The fourth-order valence-corrected chi connectivity index (χ4v) is 1.58. The Hall–Kier alpha value is -1.22. The third-order valence-corrected chi connectivity index (χ3v) is 2.50. The molecule has 0 unspecified atom stereocenters. The van der Waals surface area contributed by atoms with Crippen LogP contribution in [-0.4, -0.2) is 18.5 Å². The van der Waals surface area contributed by atoms with Crippen LogP contribution in [0.4, 0.5) is 0 Å². The van der Waals surface area contributed by atoms with Crippen LogP contribution in [0, 0.1) is 0 Å². The second kappa shape index (κ2) is 4.53. The van der Waals surface area contributed by atoms with Crippen molar-refractivity contribution in [1.82, 2.24) is 0 Å². The van der Waals surface area contributed by atoms with Crippen LogP contribution in [0.5, 0.6) is 11.5 Å². The van der Waals surface area contributed by atoms with Crippen molar-refractivity contribution in [3.8, 4) is 11.5 Å². The molecule has 0 amide bonds. The van der Waals surface area contributed by atoms with Crippen molar-refractivity contribution in [3.05, 3.63) is 23.8 Å². The fraction of sp³-hybridized carbons (Fsp3) is 0.364. The molecule has 4 heteroatoms. The van der Waals surface area contributed by atoms with Crippen LogP contribution in [0.1, 0.15) is 23.2 Å². The van der Waals surface area contributed by atoms with Crippen molar-refractivity contribution in [2.75, 3.05) is 12.7 Å². The molecule has 0 aliphatic carbocycles. The number of hydrogen-bond donors (Lipinski definition) is 0. The van der Waals surface area contributed by atoms with Crippen molar-refractivity contribution in [2.45, 2.75) is 12.8 Å². The molecule has 3 nitrogen and oxygen atoms in total. The molecule has 0 atom stereocenters. The average molecular weight is 227 g/mol. The van der Waals surface area contributed by atoms with Gasteiger partial charge in [0.25, 0.3) is 0 Å². The highest BCUT2D eigenvalue weighted by atomic mass is 35.5. The van der Waals surface area contributed by atoms with E-state index in [4.69, 9.17) is 21.1 Å². The molecule has 0 N–H and O–H groups in total. The largest absolute Gasteiger partial charge is 0.454 e. The van der Waals surface area contributed by atoms with E-state index >= 15 is 0 Å². The Morgan fingerprint density at radius 1 is 1.33 bits per heavy atom. The first-order valence-corrected chi connectivity index (χ1v) is 5.33. The molecule has 1 heterocycles. The number of alkyl halides is 1. The van der Waals surface area contributed by atoms with Gasteiger partial charge in [-0.15, -0.1) is 11.6 Å². The van der Waals surface area contributed by atoms with Gasteiger partial charge in [-0.25, -0.2) is 0 Å². The zero-order valence-electron chi connectivity index (χ0n) is 8.16. The molecule has 0 fully saturated rings. The molecule has 0 saturated carbocycles. The van der Waals surface area contributed by atoms with E-state index in [1.807, 2.05) is 0 Å². The number of Topliss-reactive ketones (excluding diaryl/α,β-unsaturated/α-hetero) is 1. The molecule has 1 aromatic carbocycles. The number of hydrogen-bond acceptors (Lipinski definition) is 3. The summed E-state index contributed by atoms with van der Waals surface area (Å²) in [6.07, 6.45) is 1.18. The summed E-state index contributed by atoms with van der Waals surface area (Å²) in [4.78, 5) is 11.6. The minimum Gasteiger partial charge on any atom is -0.454 e. The van der Waals surface area contributed by atoms with Gasteiger partial charge in [-0.3, -0.25) is 4.79 Å². The number of benzene rings is 1. The average Bonchev–Trinajstić information content (AvgIpc) is 2.72. The third-order valence-electron chi connectivity index (χ3n) is 2.23. The first-order chi connectivity index (χ1) is 7.31. The van der Waals surface area contributed by atoms with E-state index in [1.54, 1.807) is 18.2 Å². The van der Waals surface area contributed by atoms with Crippen LogP contribution in [0.2, 0.25) is 0 Å². The molecule has 1 aliphatic heterocycles. The normalized spacial score (nSPS) is 12.9. The maximum atomic E-state index is 11.6. The summed E-state index contributed by atoms with van der Waals surface area (Å²) in [7, 11) is 0. The van der Waals surface area contributed by atoms with Crippen LogP contribution in [-0.2, 0) is 0 Å². The first-order valence-electron chi connectivity index (χ1n) is 4.80. The zero-order valence-corrected chi connectivity index (χ0v) is 8.92. The van der Waals surface area contributed by atoms with Crippen LogP contribution in [0.15, 0.2) is 18.2 Å². The third kappa shape index (κ3) is 2.23. The minimum absolute atomic E-state index is 0.0916. The molecule has 0 radical (unpaired) electrons. The Labute approximate surface area is 92.9 Å². The van der Waals surface area contributed by atoms with Crippen LogP contribution >= 0.6 is 11.6 Å². The lowest BCUT2D eigenvalue weighted by Crippen LogP contribution is -1.99. The van der Waals surface area contributed by atoms with Gasteiger partial charge in [0.05, 0.1) is 0 Å². The Morgan fingerprint density at radius 3 is 2.93 bits per heavy atom. The van der Waals surface area contributed by atoms with Gasteiger partial charge in [0.15, 0.2) is 17.3 Å². The Kier molecular flexibility index (Phi) is 3.11. The van der Waals surface area contributed by atoms with Crippen LogP contribution in [0.25, 0.3) is 0 Å². The lowest BCUT2D eigenvalue weighted by molar-refractivity contribution is 0.0981. The summed E-state index contributed by atoms with van der Waals surface area (Å²) in [6.45, 7) is 0.231. The Morgan fingerprint density at radius 2 is 2.13 bits per heavy atom. The summed E-state index contributed by atoms with van der Waals surface area (Å²) in [6, 6.07) is 5.24. The number of ketones is 1. The summed E-state index contributed by atoms with van der Waals surface area (Å²) in [5.74, 6) is 1.94. The maximum Gasteiger partial charge on any atom is 0.231 e. The van der Waals surface area contributed by atoms with Gasteiger partial charge in [-0.05, 0) is 24.6 Å². The topological polar surface area (TPSA) is 35.5 Å². The van der Waals surface area contributed by atoms with E-state index in [2.05, 4.69) is 0 Å². The van der Waals surface area contributed by atoms with Crippen molar-refractivity contribution in [3.63, 3.8) is 0 Å². The number of carbonyl (C=O) groups excluding carboxylic acids is 1. The SMILES string of the molecule is O=C(CCCCl)c1ccc2c(c1)OCO2. The highest BCUT2D eigenvalue weighted by molar-refractivity contribution is 6.18. The lowest BCUT2D eigenvalue weighted by atomic mass is 10.1. The monoisotopic (exact) mass is 226 g/mol. The minimum atomic E-state index is 0.0916. The summed E-state index contributed by atoms with van der Waals surface area (Å²) >= 11 is 5.53. The number of ether oxygens (including phenoxy) is 2. The maximum absolute atomic E-state index is 11.6. The standard InChI is InChI=1S/C11H11ClO3/c12-5-1-2-9(13)8-3-4-10-11(6-8)15-7-14-10/h3-4,6H,1-2,5,7H2. The molecular formula is C11H11ClO3. The second-order valence-corrected chi connectivity index (χ2v) is 3.66. The summed E-state index contributed by atoms with van der Waals surface area (Å²) in [5.41, 5.74) is 0.657. The van der Waals surface area contributed by atoms with E-state index in [1.165, 1.54) is 0 Å². The number of rotatable bonds is 4. The summed E-state index contributed by atoms with van der Waals surface area (Å²) < 4.78 is 10.4. The van der Waals surface area contributed by atoms with E-state index < -0.39 is 0 Å². The van der Waals surface area contributed by atoms with Gasteiger partial charge < -0.3 is 9.47 Å². The number of halogens is 1. The van der Waals surface area contributed by atoms with Crippen molar-refractivity contribution >= 4 is 17.4 Å². The van der Waals surface area contributed by atoms with Gasteiger partial charge in [-0.1, -0.05) is 0 Å². The smallest absolute Gasteiger partial charge is 0.231 e. The number of fused-ring (bicyclic) bond motifs is 1. The molecule has 0 spiro atoms. The van der Waals surface area contributed by atoms with Gasteiger partial charge in [0.1, 0.15) is 0 Å². The van der Waals surface area contributed by atoms with Gasteiger partial charge in [-0.2, -0.15) is 0 Å². The van der Waals surface area contributed by atoms with Crippen molar-refractivity contribution < 1.29 is 14.3 Å². The second-order valence-electron chi connectivity index (χ2n) is 3.28. The molecular weight excluding hydrogens is 216 g/mol. The molecule has 0 bridgehead atoms. The Balaban J connectivity index is 2.12. The highest BCUT2D eigenvalue weighted by Crippen LogP contribution is 2.32. The van der Waals surface area contributed by atoms with Crippen molar-refractivity contribution in [1.29, 1.82) is 0 Å². The predicted octanol–water partition coefficient (Wildman–Crippen LogP) is 2.62. The van der Waals surface area contributed by atoms with E-state index in [0.717, 1.165) is 0 Å². The molecule has 15 heavy (non-hydrogen) atoms. The number of carbonyl (C=O) groups is 1. The lowest BCUT2D eigenvalue weighted by Gasteiger charge is -2.01. The van der Waals surface area contributed by atoms with Gasteiger partial charge >= 0.3 is 0 Å². The molecule has 0 saturated heterocycles. The molecule has 0 aromatic heterocycles. The van der Waals surface area contributed by atoms with Crippen molar-refractivity contribution in [2.24, 2.45) is 0 Å². The molecule has 80 valence electrons. The van der Waals surface area contributed by atoms with Gasteiger partial charge in [0.2, 0.25) is 6.79 Å². The van der Waals surface area contributed by atoms with Crippen LogP contribution in [0.3, 0.4) is 0 Å². The Bertz CT molecular complexity index is 376. The first kappa shape index (κ1) is 10.3. The zero-order chi connectivity index (χ0) is 10.7. The molecule has 1 aliphatic rings.